The van der Waals surface area contributed by atoms with Gasteiger partial charge in [0.15, 0.2) is 0 Å². The average molecular weight is 304 g/mol. The summed E-state index contributed by atoms with van der Waals surface area (Å²) in [5, 5.41) is 0. The maximum Gasteiger partial charge on any atom is 0.451 e. The molecule has 0 aliphatic rings. The summed E-state index contributed by atoms with van der Waals surface area (Å²) >= 11 is 3.21. The number of hydrogen-bond donors (Lipinski definition) is 0. The van der Waals surface area contributed by atoms with Crippen molar-refractivity contribution in [1.82, 2.24) is 15.0 Å². The molecule has 0 spiro atoms. The van der Waals surface area contributed by atoms with Crippen LogP contribution >= 0.6 is 15.9 Å². The Morgan fingerprint density at radius 3 is 2.06 bits per heavy atom. The number of alkyl halides is 3. The number of pyridine rings is 1. The van der Waals surface area contributed by atoms with Crippen molar-refractivity contribution in [2.75, 3.05) is 0 Å². The zero-order chi connectivity index (χ0) is 12.5. The molecule has 0 atom stereocenters. The van der Waals surface area contributed by atoms with Crippen LogP contribution < -0.4 is 0 Å². The van der Waals surface area contributed by atoms with Gasteiger partial charge in [-0.2, -0.15) is 13.2 Å². The number of nitrogens with zero attached hydrogens (tertiary/aromatic N) is 3. The Morgan fingerprint density at radius 1 is 0.941 bits per heavy atom. The highest BCUT2D eigenvalue weighted by molar-refractivity contribution is 9.10. The van der Waals surface area contributed by atoms with Gasteiger partial charge in [0.25, 0.3) is 0 Å². The fraction of sp³-hybridized carbons (Fsp3) is 0.100. The number of aromatic nitrogens is 3. The quantitative estimate of drug-likeness (QED) is 0.811. The summed E-state index contributed by atoms with van der Waals surface area (Å²) in [4.78, 5) is 10.6. The molecule has 0 aliphatic carbocycles. The van der Waals surface area contributed by atoms with Crippen LogP contribution in [0, 0.1) is 0 Å². The van der Waals surface area contributed by atoms with E-state index < -0.39 is 12.0 Å². The molecule has 17 heavy (non-hydrogen) atoms. The maximum atomic E-state index is 12.2. The Balaban J connectivity index is 2.33. The second-order valence-electron chi connectivity index (χ2n) is 3.15. The Kier molecular flexibility index (Phi) is 3.10. The summed E-state index contributed by atoms with van der Waals surface area (Å²) in [6.07, 6.45) is -0.767. The highest BCUT2D eigenvalue weighted by atomic mass is 79.9. The van der Waals surface area contributed by atoms with Gasteiger partial charge in [0.1, 0.15) is 0 Å². The van der Waals surface area contributed by atoms with Crippen molar-refractivity contribution in [1.29, 1.82) is 0 Å². The summed E-state index contributed by atoms with van der Waals surface area (Å²) in [5.74, 6) is -1.15. The topological polar surface area (TPSA) is 38.7 Å². The van der Waals surface area contributed by atoms with Crippen LogP contribution in [0.25, 0.3) is 11.3 Å². The SMILES string of the molecule is FC(F)(F)c1ncc(-c2ccc(Br)cn2)cn1. The molecule has 0 N–H and O–H groups in total. The summed E-state index contributed by atoms with van der Waals surface area (Å²) in [5.41, 5.74) is 0.951. The van der Waals surface area contributed by atoms with Gasteiger partial charge >= 0.3 is 6.18 Å². The lowest BCUT2D eigenvalue weighted by Crippen LogP contribution is -2.10. The van der Waals surface area contributed by atoms with E-state index >= 15 is 0 Å². The van der Waals surface area contributed by atoms with E-state index in [0.717, 1.165) is 16.9 Å². The predicted molar refractivity (Wildman–Crippen MR) is 58.0 cm³/mol. The van der Waals surface area contributed by atoms with Gasteiger partial charge in [0.05, 0.1) is 5.69 Å². The van der Waals surface area contributed by atoms with E-state index in [2.05, 4.69) is 30.9 Å². The van der Waals surface area contributed by atoms with Crippen LogP contribution in [0.3, 0.4) is 0 Å². The van der Waals surface area contributed by atoms with Gasteiger partial charge in [0.2, 0.25) is 5.82 Å². The van der Waals surface area contributed by atoms with Gasteiger partial charge in [-0.1, -0.05) is 0 Å². The van der Waals surface area contributed by atoms with Crippen molar-refractivity contribution in [3.05, 3.63) is 41.0 Å². The standard InChI is InChI=1S/C10H5BrF3N3/c11-7-1-2-8(15-5-7)6-3-16-9(17-4-6)10(12,13)14/h1-5H. The second-order valence-corrected chi connectivity index (χ2v) is 4.07. The molecular weight excluding hydrogens is 299 g/mol. The van der Waals surface area contributed by atoms with E-state index in [9.17, 15) is 13.2 Å². The van der Waals surface area contributed by atoms with E-state index in [4.69, 9.17) is 0 Å². The van der Waals surface area contributed by atoms with Gasteiger partial charge in [0, 0.05) is 28.6 Å². The van der Waals surface area contributed by atoms with E-state index in [1.807, 2.05) is 0 Å². The molecule has 7 heteroatoms. The van der Waals surface area contributed by atoms with Crippen LogP contribution in [-0.4, -0.2) is 15.0 Å². The molecule has 0 bridgehead atoms. The summed E-state index contributed by atoms with van der Waals surface area (Å²) in [6, 6.07) is 3.40. The van der Waals surface area contributed by atoms with Crippen molar-refractivity contribution in [3.8, 4) is 11.3 Å². The summed E-state index contributed by atoms with van der Waals surface area (Å²) in [6.45, 7) is 0. The van der Waals surface area contributed by atoms with Crippen molar-refractivity contribution >= 4 is 15.9 Å². The smallest absolute Gasteiger partial charge is 0.255 e. The van der Waals surface area contributed by atoms with Crippen LogP contribution in [-0.2, 0) is 6.18 Å². The third-order valence-electron chi connectivity index (χ3n) is 1.93. The van der Waals surface area contributed by atoms with Gasteiger partial charge in [-0.25, -0.2) is 9.97 Å². The van der Waals surface area contributed by atoms with Crippen molar-refractivity contribution in [2.24, 2.45) is 0 Å². The third kappa shape index (κ3) is 2.79. The minimum Gasteiger partial charge on any atom is -0.255 e. The van der Waals surface area contributed by atoms with Crippen LogP contribution in [0.4, 0.5) is 13.2 Å². The second kappa shape index (κ2) is 4.40. The number of halogens is 4. The maximum absolute atomic E-state index is 12.2. The molecule has 88 valence electrons. The van der Waals surface area contributed by atoms with Gasteiger partial charge < -0.3 is 0 Å². The third-order valence-corrected chi connectivity index (χ3v) is 2.40. The van der Waals surface area contributed by atoms with E-state index in [1.54, 1.807) is 18.3 Å². The molecule has 0 saturated heterocycles. The predicted octanol–water partition coefficient (Wildman–Crippen LogP) is 3.32. The molecule has 3 nitrogen and oxygen atoms in total. The van der Waals surface area contributed by atoms with Gasteiger partial charge in [-0.3, -0.25) is 4.98 Å². The molecule has 2 aromatic rings. The van der Waals surface area contributed by atoms with Crippen molar-refractivity contribution in [3.63, 3.8) is 0 Å². The van der Waals surface area contributed by atoms with Crippen molar-refractivity contribution < 1.29 is 13.2 Å². The lowest BCUT2D eigenvalue weighted by Gasteiger charge is -2.05. The molecule has 0 aliphatic heterocycles. The zero-order valence-electron chi connectivity index (χ0n) is 8.24. The summed E-state index contributed by atoms with van der Waals surface area (Å²) in [7, 11) is 0. The number of rotatable bonds is 1. The molecular formula is C10H5BrF3N3. The van der Waals surface area contributed by atoms with Crippen LogP contribution in [0.15, 0.2) is 35.2 Å². The van der Waals surface area contributed by atoms with Gasteiger partial charge in [-0.05, 0) is 28.1 Å². The molecule has 2 heterocycles. The summed E-state index contributed by atoms with van der Waals surface area (Å²) < 4.78 is 37.5. The van der Waals surface area contributed by atoms with E-state index in [1.165, 1.54) is 0 Å². The molecule has 0 amide bonds. The molecule has 0 aromatic carbocycles. The Hall–Kier alpha value is -1.50. The molecule has 0 unspecified atom stereocenters. The minimum atomic E-state index is -4.52. The lowest BCUT2D eigenvalue weighted by molar-refractivity contribution is -0.144. The Labute approximate surface area is 103 Å². The number of hydrogen-bond acceptors (Lipinski definition) is 3. The molecule has 2 aromatic heterocycles. The fourth-order valence-corrected chi connectivity index (χ4v) is 1.39. The van der Waals surface area contributed by atoms with Crippen LogP contribution in [0.5, 0.6) is 0 Å². The highest BCUT2D eigenvalue weighted by Crippen LogP contribution is 2.26. The van der Waals surface area contributed by atoms with Crippen LogP contribution in [0.1, 0.15) is 5.82 Å². The lowest BCUT2D eigenvalue weighted by atomic mass is 10.2. The Morgan fingerprint density at radius 2 is 1.59 bits per heavy atom. The molecule has 0 fully saturated rings. The zero-order valence-corrected chi connectivity index (χ0v) is 9.83. The fourth-order valence-electron chi connectivity index (χ4n) is 1.15. The first-order valence-corrected chi connectivity index (χ1v) is 5.27. The van der Waals surface area contributed by atoms with Crippen molar-refractivity contribution in [2.45, 2.75) is 6.18 Å². The van der Waals surface area contributed by atoms with E-state index in [0.29, 0.717) is 11.3 Å². The average Bonchev–Trinajstić information content (AvgIpc) is 2.29. The normalized spacial score (nSPS) is 11.5. The van der Waals surface area contributed by atoms with E-state index in [-0.39, 0.29) is 0 Å². The highest BCUT2D eigenvalue weighted by Gasteiger charge is 2.34. The molecule has 2 rings (SSSR count). The molecule has 0 saturated carbocycles. The largest absolute Gasteiger partial charge is 0.451 e. The minimum absolute atomic E-state index is 0.436. The molecule has 0 radical (unpaired) electrons. The first-order valence-electron chi connectivity index (χ1n) is 4.48. The van der Waals surface area contributed by atoms with Gasteiger partial charge in [-0.15, -0.1) is 0 Å². The Bertz CT molecular complexity index is 508. The first kappa shape index (κ1) is 12.0. The van der Waals surface area contributed by atoms with Crippen LogP contribution in [0.2, 0.25) is 0 Å². The monoisotopic (exact) mass is 303 g/mol. The first-order chi connectivity index (χ1) is 7.97.